The SMILES string of the molecule is C=C(C)CO.C=C(CO)C(=O)OCC(COC=O)Cc1ccc(CCC(C)CCC(C)C(C)CCC(C)C2=CC=C(CC)CC2)cc1.CCC. The largest absolute Gasteiger partial charge is 0.467 e. The van der Waals surface area contributed by atoms with Crippen molar-refractivity contribution in [1.29, 1.82) is 0 Å². The zero-order chi connectivity index (χ0) is 37.9. The highest BCUT2D eigenvalue weighted by Crippen LogP contribution is 2.31. The highest BCUT2D eigenvalue weighted by molar-refractivity contribution is 5.87. The van der Waals surface area contributed by atoms with Gasteiger partial charge in [0.1, 0.15) is 0 Å². The molecule has 0 bridgehead atoms. The lowest BCUT2D eigenvalue weighted by atomic mass is 9.81. The molecule has 0 radical (unpaired) electrons. The van der Waals surface area contributed by atoms with Gasteiger partial charge in [0.15, 0.2) is 0 Å². The third-order valence-electron chi connectivity index (χ3n) is 9.57. The maximum Gasteiger partial charge on any atom is 0.335 e. The lowest BCUT2D eigenvalue weighted by Gasteiger charge is -2.25. The van der Waals surface area contributed by atoms with E-state index >= 15 is 0 Å². The van der Waals surface area contributed by atoms with E-state index in [4.69, 9.17) is 19.7 Å². The molecule has 0 saturated carbocycles. The number of allylic oxidation sites excluding steroid dienone is 4. The summed E-state index contributed by atoms with van der Waals surface area (Å²) in [6.07, 6.45) is 17.7. The van der Waals surface area contributed by atoms with Crippen LogP contribution in [0.5, 0.6) is 0 Å². The van der Waals surface area contributed by atoms with Crippen LogP contribution in [0, 0.1) is 29.6 Å². The third kappa shape index (κ3) is 22.0. The van der Waals surface area contributed by atoms with E-state index < -0.39 is 12.6 Å². The highest BCUT2D eigenvalue weighted by atomic mass is 16.5. The number of hydrogen-bond donors (Lipinski definition) is 2. The van der Waals surface area contributed by atoms with E-state index in [-0.39, 0.29) is 31.3 Å². The lowest BCUT2D eigenvalue weighted by molar-refractivity contribution is -0.142. The zero-order valence-electron chi connectivity index (χ0n) is 33.0. The number of ether oxygens (including phenoxy) is 2. The van der Waals surface area contributed by atoms with E-state index in [1.54, 1.807) is 18.1 Å². The van der Waals surface area contributed by atoms with Crippen molar-refractivity contribution in [3.05, 3.63) is 83.0 Å². The molecule has 0 saturated heterocycles. The molecule has 6 nitrogen and oxygen atoms in total. The summed E-state index contributed by atoms with van der Waals surface area (Å²) in [5.41, 5.74) is 6.48. The molecular weight excluding hydrogens is 624 g/mol. The summed E-state index contributed by atoms with van der Waals surface area (Å²) in [5.74, 6) is 2.11. The molecule has 1 aromatic rings. The van der Waals surface area contributed by atoms with Crippen LogP contribution in [0.1, 0.15) is 124 Å². The lowest BCUT2D eigenvalue weighted by Crippen LogP contribution is -2.22. The van der Waals surface area contributed by atoms with Gasteiger partial charge in [-0.15, -0.1) is 0 Å². The van der Waals surface area contributed by atoms with Crippen molar-refractivity contribution < 1.29 is 29.3 Å². The average Bonchev–Trinajstić information content (AvgIpc) is 3.13. The van der Waals surface area contributed by atoms with Crippen LogP contribution in [0.3, 0.4) is 0 Å². The van der Waals surface area contributed by atoms with E-state index in [0.717, 1.165) is 29.4 Å². The van der Waals surface area contributed by atoms with E-state index in [9.17, 15) is 9.59 Å². The molecule has 0 amide bonds. The van der Waals surface area contributed by atoms with Crippen molar-refractivity contribution >= 4 is 12.4 Å². The molecule has 1 aromatic carbocycles. The minimum Gasteiger partial charge on any atom is -0.467 e. The number of aliphatic hydroxyl groups excluding tert-OH is 2. The van der Waals surface area contributed by atoms with Gasteiger partial charge >= 0.3 is 5.97 Å². The fourth-order valence-electron chi connectivity index (χ4n) is 5.65. The van der Waals surface area contributed by atoms with Gasteiger partial charge in [0.05, 0.1) is 32.0 Å². The number of esters is 1. The Kier molecular flexibility index (Phi) is 27.0. The second-order valence-electron chi connectivity index (χ2n) is 14.6. The first-order valence-electron chi connectivity index (χ1n) is 19.1. The smallest absolute Gasteiger partial charge is 0.335 e. The Morgan fingerprint density at radius 3 is 1.92 bits per heavy atom. The van der Waals surface area contributed by atoms with Crippen LogP contribution in [0.15, 0.2) is 71.9 Å². The maximum atomic E-state index is 11.8. The highest BCUT2D eigenvalue weighted by Gasteiger charge is 2.18. The topological polar surface area (TPSA) is 93.1 Å². The second-order valence-corrected chi connectivity index (χ2v) is 14.6. The Balaban J connectivity index is 0.00000270. The molecule has 1 aliphatic rings. The number of hydrogen-bond acceptors (Lipinski definition) is 6. The van der Waals surface area contributed by atoms with Crippen molar-refractivity contribution in [3.63, 3.8) is 0 Å². The number of carbonyl (C=O) groups excluding carboxylic acids is 2. The van der Waals surface area contributed by atoms with Crippen molar-refractivity contribution in [2.75, 3.05) is 26.4 Å². The minimum absolute atomic E-state index is 0.00796. The van der Waals surface area contributed by atoms with Crippen LogP contribution in [0.2, 0.25) is 0 Å². The van der Waals surface area contributed by atoms with Gasteiger partial charge in [0.25, 0.3) is 6.47 Å². The average molecular weight is 697 g/mol. The Hall–Kier alpha value is -2.96. The number of benzene rings is 1. The first kappa shape index (κ1) is 47.0. The van der Waals surface area contributed by atoms with Crippen molar-refractivity contribution in [1.82, 2.24) is 0 Å². The fraction of sp³-hybridized carbons (Fsp3) is 0.636. The molecule has 0 spiro atoms. The molecule has 5 atom stereocenters. The van der Waals surface area contributed by atoms with E-state index in [2.05, 4.69) is 98.0 Å². The number of aliphatic hydroxyl groups is 2. The summed E-state index contributed by atoms with van der Waals surface area (Å²) >= 11 is 0. The molecule has 0 fully saturated rings. The van der Waals surface area contributed by atoms with Gasteiger partial charge in [0.2, 0.25) is 0 Å². The zero-order valence-corrected chi connectivity index (χ0v) is 33.0. The summed E-state index contributed by atoms with van der Waals surface area (Å²) in [5, 5.41) is 17.1. The summed E-state index contributed by atoms with van der Waals surface area (Å²) in [7, 11) is 0. The number of aryl methyl sites for hydroxylation is 1. The van der Waals surface area contributed by atoms with Crippen molar-refractivity contribution in [2.45, 2.75) is 126 Å². The van der Waals surface area contributed by atoms with Gasteiger partial charge in [-0.2, -0.15) is 0 Å². The van der Waals surface area contributed by atoms with Crippen LogP contribution in [0.25, 0.3) is 0 Å². The molecule has 1 aliphatic carbocycles. The number of carbonyl (C=O) groups is 2. The maximum absolute atomic E-state index is 11.8. The Morgan fingerprint density at radius 1 is 0.840 bits per heavy atom. The molecule has 5 unspecified atom stereocenters. The van der Waals surface area contributed by atoms with Crippen LogP contribution in [-0.4, -0.2) is 49.1 Å². The van der Waals surface area contributed by atoms with Gasteiger partial charge < -0.3 is 19.7 Å². The van der Waals surface area contributed by atoms with Crippen molar-refractivity contribution in [3.8, 4) is 0 Å². The molecule has 0 aromatic heterocycles. The molecule has 2 rings (SSSR count). The summed E-state index contributed by atoms with van der Waals surface area (Å²) < 4.78 is 10.2. The molecule has 6 heteroatoms. The standard InChI is InChI=1S/C37H56O5.C4H8O.C3H8/c1-7-32-18-20-36(21-19-32)30(5)12-11-29(4)28(3)10-8-27(2)9-13-33-14-16-34(17-15-33)22-35(24-41-26-39)25-42-37(40)31(6)23-38;1-4(2)3-5;1-3-2/h14-18,20,26-30,35,38H,6-13,19,21-25H2,1-5H3;5H,1,3H2,2H3;3H2,1-2H3. The summed E-state index contributed by atoms with van der Waals surface area (Å²) in [6.45, 7) is 25.2. The van der Waals surface area contributed by atoms with Crippen LogP contribution in [-0.2, 0) is 31.9 Å². The minimum atomic E-state index is -0.632. The molecule has 284 valence electrons. The first-order valence-corrected chi connectivity index (χ1v) is 19.1. The van der Waals surface area contributed by atoms with Crippen LogP contribution in [0.4, 0.5) is 0 Å². The molecular formula is C44H72O6. The van der Waals surface area contributed by atoms with E-state index in [1.165, 1.54) is 63.4 Å². The molecule has 0 heterocycles. The monoisotopic (exact) mass is 697 g/mol. The van der Waals surface area contributed by atoms with Crippen LogP contribution >= 0.6 is 0 Å². The Bertz CT molecular complexity index is 1150. The third-order valence-corrected chi connectivity index (χ3v) is 9.57. The van der Waals surface area contributed by atoms with E-state index in [0.29, 0.717) is 24.7 Å². The molecule has 50 heavy (non-hydrogen) atoms. The quantitative estimate of drug-likeness (QED) is 0.0543. The van der Waals surface area contributed by atoms with Gasteiger partial charge in [-0.3, -0.25) is 4.79 Å². The van der Waals surface area contributed by atoms with Gasteiger partial charge in [-0.25, -0.2) is 4.79 Å². The van der Waals surface area contributed by atoms with Gasteiger partial charge in [-0.1, -0.05) is 134 Å². The normalized spacial score (nSPS) is 15.2. The predicted octanol–water partition coefficient (Wildman–Crippen LogP) is 10.2. The second kappa shape index (κ2) is 28.7. The van der Waals surface area contributed by atoms with Gasteiger partial charge in [-0.05, 0) is 93.1 Å². The van der Waals surface area contributed by atoms with Gasteiger partial charge in [0, 0.05) is 5.92 Å². The Labute approximate surface area is 306 Å². The Morgan fingerprint density at radius 2 is 1.42 bits per heavy atom. The molecule has 2 N–H and O–H groups in total. The van der Waals surface area contributed by atoms with Crippen molar-refractivity contribution in [2.24, 2.45) is 29.6 Å². The fourth-order valence-corrected chi connectivity index (χ4v) is 5.65. The first-order chi connectivity index (χ1) is 23.8. The number of rotatable bonds is 22. The predicted molar refractivity (Wildman–Crippen MR) is 210 cm³/mol. The molecule has 0 aliphatic heterocycles. The van der Waals surface area contributed by atoms with E-state index in [1.807, 2.05) is 0 Å². The summed E-state index contributed by atoms with van der Waals surface area (Å²) in [4.78, 5) is 22.5. The summed E-state index contributed by atoms with van der Waals surface area (Å²) in [6, 6.07) is 8.56. The van der Waals surface area contributed by atoms with Crippen LogP contribution < -0.4 is 0 Å².